The molecule has 6 heteroatoms. The highest BCUT2D eigenvalue weighted by Gasteiger charge is 2.18. The maximum absolute atomic E-state index is 11.2. The largest absolute Gasteiger partial charge is 0.371 e. The highest BCUT2D eigenvalue weighted by atomic mass is 16.1. The Kier molecular flexibility index (Phi) is 4.19. The molecule has 0 radical (unpaired) electrons. The Balaban J connectivity index is 1.64. The van der Waals surface area contributed by atoms with E-state index >= 15 is 0 Å². The zero-order valence-corrected chi connectivity index (χ0v) is 14.2. The molecule has 0 unspecified atom stereocenters. The van der Waals surface area contributed by atoms with Crippen LogP contribution in [0, 0.1) is 0 Å². The van der Waals surface area contributed by atoms with Gasteiger partial charge in [0.05, 0.1) is 5.52 Å². The zero-order valence-electron chi connectivity index (χ0n) is 14.2. The summed E-state index contributed by atoms with van der Waals surface area (Å²) < 4.78 is 1.75. The fourth-order valence-corrected chi connectivity index (χ4v) is 3.31. The van der Waals surface area contributed by atoms with Crippen LogP contribution in [0.15, 0.2) is 53.7 Å². The van der Waals surface area contributed by atoms with E-state index in [9.17, 15) is 4.79 Å². The summed E-state index contributed by atoms with van der Waals surface area (Å²) in [5, 5.41) is 4.42. The molecule has 1 saturated heterocycles. The van der Waals surface area contributed by atoms with E-state index in [1.54, 1.807) is 17.0 Å². The Labute approximate surface area is 146 Å². The average molecular weight is 335 g/mol. The molecule has 0 spiro atoms. The molecule has 4 rings (SSSR count). The summed E-state index contributed by atoms with van der Waals surface area (Å²) in [5.74, 6) is 0.562. The molecule has 3 aromatic rings. The van der Waals surface area contributed by atoms with E-state index in [1.807, 2.05) is 12.3 Å². The molecule has 0 bridgehead atoms. The van der Waals surface area contributed by atoms with Gasteiger partial charge >= 0.3 is 0 Å². The van der Waals surface area contributed by atoms with Crippen molar-refractivity contribution in [2.24, 2.45) is 0 Å². The second-order valence-electron chi connectivity index (χ2n) is 6.45. The van der Waals surface area contributed by atoms with Crippen molar-refractivity contribution in [3.63, 3.8) is 0 Å². The molecular formula is C19H21N5O. The van der Waals surface area contributed by atoms with Crippen LogP contribution in [0.4, 0.5) is 5.69 Å². The van der Waals surface area contributed by atoms with Crippen molar-refractivity contribution >= 4 is 16.6 Å². The molecule has 0 aliphatic carbocycles. The van der Waals surface area contributed by atoms with Gasteiger partial charge in [-0.15, -0.1) is 0 Å². The van der Waals surface area contributed by atoms with Gasteiger partial charge in [-0.05, 0) is 44.1 Å². The lowest BCUT2D eigenvalue weighted by Crippen LogP contribution is -2.41. The van der Waals surface area contributed by atoms with Gasteiger partial charge in [0.1, 0.15) is 0 Å². The van der Waals surface area contributed by atoms with E-state index in [0.717, 1.165) is 36.8 Å². The van der Waals surface area contributed by atoms with Gasteiger partial charge in [0.15, 0.2) is 5.43 Å². The first-order chi connectivity index (χ1) is 12.2. The van der Waals surface area contributed by atoms with Gasteiger partial charge in [0.2, 0.25) is 5.95 Å². The molecule has 1 fully saturated rings. The maximum atomic E-state index is 11.2. The molecule has 0 atom stereocenters. The quantitative estimate of drug-likeness (QED) is 0.793. The number of aromatic nitrogens is 3. The van der Waals surface area contributed by atoms with Crippen molar-refractivity contribution in [2.75, 3.05) is 25.0 Å². The lowest BCUT2D eigenvalue weighted by molar-refractivity contribution is 0.443. The lowest BCUT2D eigenvalue weighted by atomic mass is 10.0. The van der Waals surface area contributed by atoms with Crippen molar-refractivity contribution in [3.05, 3.63) is 59.1 Å². The van der Waals surface area contributed by atoms with Crippen molar-refractivity contribution in [1.29, 1.82) is 0 Å². The molecule has 128 valence electrons. The third kappa shape index (κ3) is 3.25. The van der Waals surface area contributed by atoms with E-state index in [0.29, 0.717) is 12.0 Å². The molecule has 3 heterocycles. The van der Waals surface area contributed by atoms with E-state index in [1.165, 1.54) is 17.8 Å². The standard InChI is InChI=1S/C19H21N5O/c1-23(15-4-8-20-9-5-15)16-2-3-18-14(12-16)13-21-19(22-18)24-10-6-17(25)7-11-24/h2-3,6-7,10-13,15,20H,4-5,8-9H2,1H3. The molecular weight excluding hydrogens is 314 g/mol. The Morgan fingerprint density at radius 3 is 2.68 bits per heavy atom. The molecule has 2 aromatic heterocycles. The van der Waals surface area contributed by atoms with Crippen molar-refractivity contribution < 1.29 is 0 Å². The van der Waals surface area contributed by atoms with Gasteiger partial charge in [-0.25, -0.2) is 9.97 Å². The predicted octanol–water partition coefficient (Wildman–Crippen LogP) is 1.97. The summed E-state index contributed by atoms with van der Waals surface area (Å²) in [5.41, 5.74) is 2.06. The number of fused-ring (bicyclic) bond motifs is 1. The summed E-state index contributed by atoms with van der Waals surface area (Å²) in [7, 11) is 2.16. The number of pyridine rings is 1. The second-order valence-corrected chi connectivity index (χ2v) is 6.45. The first-order valence-electron chi connectivity index (χ1n) is 8.60. The number of nitrogens with zero attached hydrogens (tertiary/aromatic N) is 4. The molecule has 25 heavy (non-hydrogen) atoms. The van der Waals surface area contributed by atoms with E-state index < -0.39 is 0 Å². The minimum Gasteiger partial charge on any atom is -0.371 e. The average Bonchev–Trinajstić information content (AvgIpc) is 2.68. The maximum Gasteiger partial charge on any atom is 0.234 e. The van der Waals surface area contributed by atoms with E-state index in [2.05, 4.69) is 39.4 Å². The minimum atomic E-state index is -0.0253. The second kappa shape index (κ2) is 6.64. The van der Waals surface area contributed by atoms with Gasteiger partial charge in [0.25, 0.3) is 0 Å². The predicted molar refractivity (Wildman–Crippen MR) is 99.4 cm³/mol. The summed E-state index contributed by atoms with van der Waals surface area (Å²) in [4.78, 5) is 22.6. The summed E-state index contributed by atoms with van der Waals surface area (Å²) >= 11 is 0. The zero-order chi connectivity index (χ0) is 17.2. The normalized spacial score (nSPS) is 15.4. The molecule has 1 N–H and O–H groups in total. The van der Waals surface area contributed by atoms with Crippen LogP contribution in [-0.2, 0) is 0 Å². The van der Waals surface area contributed by atoms with Gasteiger partial charge in [-0.3, -0.25) is 9.36 Å². The SMILES string of the molecule is CN(c1ccc2nc(-n3ccc(=O)cc3)ncc2c1)C1CCNCC1. The molecule has 0 amide bonds. The lowest BCUT2D eigenvalue weighted by Gasteiger charge is -2.33. The highest BCUT2D eigenvalue weighted by Crippen LogP contribution is 2.24. The highest BCUT2D eigenvalue weighted by molar-refractivity contribution is 5.82. The van der Waals surface area contributed by atoms with Crippen LogP contribution in [0.5, 0.6) is 0 Å². The van der Waals surface area contributed by atoms with Crippen molar-refractivity contribution in [3.8, 4) is 5.95 Å². The van der Waals surface area contributed by atoms with E-state index in [-0.39, 0.29) is 5.43 Å². The fraction of sp³-hybridized carbons (Fsp3) is 0.316. The number of benzene rings is 1. The summed E-state index contributed by atoms with van der Waals surface area (Å²) in [6.07, 6.45) is 7.54. The number of nitrogens with one attached hydrogen (secondary N) is 1. The molecule has 0 saturated carbocycles. The number of piperidine rings is 1. The first kappa shape index (κ1) is 15.8. The van der Waals surface area contributed by atoms with Crippen LogP contribution in [0.1, 0.15) is 12.8 Å². The fourth-order valence-electron chi connectivity index (χ4n) is 3.31. The molecule has 1 aliphatic rings. The van der Waals surface area contributed by atoms with Crippen molar-refractivity contribution in [1.82, 2.24) is 19.9 Å². The van der Waals surface area contributed by atoms with Crippen LogP contribution in [0.2, 0.25) is 0 Å². The van der Waals surface area contributed by atoms with Crippen molar-refractivity contribution in [2.45, 2.75) is 18.9 Å². The third-order valence-corrected chi connectivity index (χ3v) is 4.84. The topological polar surface area (TPSA) is 63.1 Å². The van der Waals surface area contributed by atoms with Gasteiger partial charge < -0.3 is 10.2 Å². The Hall–Kier alpha value is -2.73. The first-order valence-corrected chi connectivity index (χ1v) is 8.60. The van der Waals surface area contributed by atoms with E-state index in [4.69, 9.17) is 0 Å². The number of rotatable bonds is 3. The minimum absolute atomic E-state index is 0.0253. The monoisotopic (exact) mass is 335 g/mol. The number of hydrogen-bond donors (Lipinski definition) is 1. The molecule has 1 aliphatic heterocycles. The number of hydrogen-bond acceptors (Lipinski definition) is 5. The van der Waals surface area contributed by atoms with Crippen LogP contribution in [0.25, 0.3) is 16.9 Å². The summed E-state index contributed by atoms with van der Waals surface area (Å²) in [6, 6.07) is 9.88. The smallest absolute Gasteiger partial charge is 0.234 e. The summed E-state index contributed by atoms with van der Waals surface area (Å²) in [6.45, 7) is 2.16. The van der Waals surface area contributed by atoms with Crippen LogP contribution >= 0.6 is 0 Å². The van der Waals surface area contributed by atoms with Gasteiger partial charge in [0, 0.05) is 54.9 Å². The molecule has 1 aromatic carbocycles. The van der Waals surface area contributed by atoms with Crippen LogP contribution in [0.3, 0.4) is 0 Å². The van der Waals surface area contributed by atoms with Crippen LogP contribution in [-0.4, -0.2) is 40.7 Å². The number of anilines is 1. The molecule has 6 nitrogen and oxygen atoms in total. The Bertz CT molecular complexity index is 925. The van der Waals surface area contributed by atoms with Gasteiger partial charge in [-0.1, -0.05) is 0 Å². The van der Waals surface area contributed by atoms with Gasteiger partial charge in [-0.2, -0.15) is 0 Å². The van der Waals surface area contributed by atoms with Crippen LogP contribution < -0.4 is 15.6 Å². The Morgan fingerprint density at radius 1 is 1.16 bits per heavy atom. The Morgan fingerprint density at radius 2 is 1.92 bits per heavy atom. The third-order valence-electron chi connectivity index (χ3n) is 4.84.